The fourth-order valence-electron chi connectivity index (χ4n) is 1.56. The van der Waals surface area contributed by atoms with Crippen LogP contribution >= 0.6 is 27.3 Å². The molecule has 0 fully saturated rings. The molecule has 0 aliphatic rings. The smallest absolute Gasteiger partial charge is 0.177 e. The van der Waals surface area contributed by atoms with Crippen molar-refractivity contribution >= 4 is 27.3 Å². The zero-order chi connectivity index (χ0) is 12.4. The first-order chi connectivity index (χ1) is 8.85. The van der Waals surface area contributed by atoms with E-state index in [0.29, 0.717) is 11.9 Å². The maximum absolute atomic E-state index is 5.30. The Morgan fingerprint density at radius 1 is 1.39 bits per heavy atom. The molecule has 0 saturated heterocycles. The van der Waals surface area contributed by atoms with Gasteiger partial charge >= 0.3 is 0 Å². The van der Waals surface area contributed by atoms with E-state index in [0.717, 1.165) is 22.0 Å². The van der Waals surface area contributed by atoms with Gasteiger partial charge in [-0.25, -0.2) is 4.68 Å². The average Bonchev–Trinajstić information content (AvgIpc) is 3.10. The Labute approximate surface area is 116 Å². The lowest BCUT2D eigenvalue weighted by Gasteiger charge is -1.92. The first-order valence-electron chi connectivity index (χ1n) is 5.29. The summed E-state index contributed by atoms with van der Waals surface area (Å²) >= 11 is 4.97. The molecule has 3 rings (SSSR count). The Bertz CT molecular complexity index is 631. The Morgan fingerprint density at radius 3 is 3.06 bits per heavy atom. The summed E-state index contributed by atoms with van der Waals surface area (Å²) in [5.41, 5.74) is 1.74. The number of rotatable bonds is 4. The molecule has 0 bridgehead atoms. The van der Waals surface area contributed by atoms with E-state index in [9.17, 15) is 0 Å². The Balaban J connectivity index is 1.77. The normalized spacial score (nSPS) is 10.9. The van der Waals surface area contributed by atoms with Crippen LogP contribution in [0.15, 0.2) is 34.3 Å². The third kappa shape index (κ3) is 2.37. The molecular formula is C11H9BrN4OS. The first-order valence-corrected chi connectivity index (χ1v) is 7.30. The third-order valence-electron chi connectivity index (χ3n) is 2.37. The van der Waals surface area contributed by atoms with Crippen LogP contribution in [0.2, 0.25) is 0 Å². The van der Waals surface area contributed by atoms with Crippen molar-refractivity contribution in [1.82, 2.24) is 20.2 Å². The Hall–Kier alpha value is -1.47. The van der Waals surface area contributed by atoms with Crippen LogP contribution in [-0.2, 0) is 11.9 Å². The van der Waals surface area contributed by atoms with Gasteiger partial charge in [-0.05, 0) is 11.4 Å². The van der Waals surface area contributed by atoms with E-state index in [1.165, 1.54) is 0 Å². The lowest BCUT2D eigenvalue weighted by Crippen LogP contribution is -2.00. The number of nitrogens with zero attached hydrogens (tertiary/aromatic N) is 4. The Kier molecular flexibility index (Phi) is 3.24. The monoisotopic (exact) mass is 324 g/mol. The van der Waals surface area contributed by atoms with Crippen LogP contribution in [-0.4, -0.2) is 20.2 Å². The van der Waals surface area contributed by atoms with E-state index in [1.54, 1.807) is 16.0 Å². The molecule has 92 valence electrons. The van der Waals surface area contributed by atoms with Crippen LogP contribution < -0.4 is 0 Å². The highest BCUT2D eigenvalue weighted by Crippen LogP contribution is 2.25. The van der Waals surface area contributed by atoms with Crippen molar-refractivity contribution in [1.29, 1.82) is 0 Å². The van der Waals surface area contributed by atoms with Crippen LogP contribution in [0, 0.1) is 0 Å². The van der Waals surface area contributed by atoms with Gasteiger partial charge in [0, 0.05) is 17.6 Å². The van der Waals surface area contributed by atoms with E-state index in [1.807, 2.05) is 29.8 Å². The summed E-state index contributed by atoms with van der Waals surface area (Å²) in [6.45, 7) is 0.564. The summed E-state index contributed by atoms with van der Waals surface area (Å²) in [7, 11) is 0. The molecule has 3 aromatic rings. The third-order valence-corrected chi connectivity index (χ3v) is 3.83. The highest BCUT2D eigenvalue weighted by Gasteiger charge is 2.08. The summed E-state index contributed by atoms with van der Waals surface area (Å²) in [6, 6.07) is 5.93. The van der Waals surface area contributed by atoms with Gasteiger partial charge in [0.15, 0.2) is 5.76 Å². The van der Waals surface area contributed by atoms with Gasteiger partial charge in [0.2, 0.25) is 0 Å². The predicted octanol–water partition coefficient (Wildman–Crippen LogP) is 2.94. The van der Waals surface area contributed by atoms with Crippen molar-refractivity contribution in [2.75, 3.05) is 0 Å². The van der Waals surface area contributed by atoms with Gasteiger partial charge in [-0.1, -0.05) is 32.4 Å². The van der Waals surface area contributed by atoms with Crippen LogP contribution in [0.1, 0.15) is 11.4 Å². The highest BCUT2D eigenvalue weighted by molar-refractivity contribution is 9.08. The minimum atomic E-state index is 0.564. The van der Waals surface area contributed by atoms with Crippen LogP contribution in [0.4, 0.5) is 0 Å². The second-order valence-corrected chi connectivity index (χ2v) is 5.21. The topological polar surface area (TPSA) is 56.7 Å². The second kappa shape index (κ2) is 5.03. The molecule has 0 spiro atoms. The number of alkyl halides is 1. The lowest BCUT2D eigenvalue weighted by atomic mass is 10.3. The maximum atomic E-state index is 5.30. The van der Waals surface area contributed by atoms with Crippen molar-refractivity contribution in [3.05, 3.63) is 41.2 Å². The number of hydrogen-bond acceptors (Lipinski definition) is 5. The minimum Gasteiger partial charge on any atom is -0.355 e. The first kappa shape index (κ1) is 11.6. The summed E-state index contributed by atoms with van der Waals surface area (Å²) in [6.07, 6.45) is 1.88. The zero-order valence-electron chi connectivity index (χ0n) is 9.28. The summed E-state index contributed by atoms with van der Waals surface area (Å²) in [5.74, 6) is 0.792. The number of hydrogen-bond donors (Lipinski definition) is 0. The zero-order valence-corrected chi connectivity index (χ0v) is 11.7. The van der Waals surface area contributed by atoms with Gasteiger partial charge in [0.25, 0.3) is 0 Å². The summed E-state index contributed by atoms with van der Waals surface area (Å²) in [4.78, 5) is 1.08. The van der Waals surface area contributed by atoms with Gasteiger partial charge in [-0.3, -0.25) is 0 Å². The molecule has 3 heterocycles. The number of thiophene rings is 1. The van der Waals surface area contributed by atoms with E-state index in [4.69, 9.17) is 4.52 Å². The molecule has 0 aliphatic heterocycles. The van der Waals surface area contributed by atoms with Gasteiger partial charge in [0.1, 0.15) is 5.69 Å². The van der Waals surface area contributed by atoms with E-state index < -0.39 is 0 Å². The highest BCUT2D eigenvalue weighted by atomic mass is 79.9. The van der Waals surface area contributed by atoms with Gasteiger partial charge < -0.3 is 4.52 Å². The van der Waals surface area contributed by atoms with Crippen molar-refractivity contribution < 1.29 is 4.52 Å². The second-order valence-electron chi connectivity index (χ2n) is 3.70. The molecule has 0 aliphatic carbocycles. The van der Waals surface area contributed by atoms with Crippen LogP contribution in [0.25, 0.3) is 10.6 Å². The Morgan fingerprint density at radius 2 is 2.33 bits per heavy atom. The molecule has 7 heteroatoms. The van der Waals surface area contributed by atoms with E-state index in [-0.39, 0.29) is 0 Å². The predicted molar refractivity (Wildman–Crippen MR) is 71.6 cm³/mol. The van der Waals surface area contributed by atoms with Crippen molar-refractivity contribution in [2.24, 2.45) is 0 Å². The average molecular weight is 325 g/mol. The molecule has 5 nitrogen and oxygen atoms in total. The molecule has 0 aromatic carbocycles. The molecule has 0 radical (unpaired) electrons. The van der Waals surface area contributed by atoms with Crippen molar-refractivity contribution in [3.8, 4) is 10.6 Å². The fourth-order valence-corrected chi connectivity index (χ4v) is 2.49. The standard InChI is InChI=1S/C11H9BrN4OS/c12-5-9-7-16(15-13-9)6-8-4-10(17-14-8)11-2-1-3-18-11/h1-4,7H,5-6H2. The van der Waals surface area contributed by atoms with E-state index >= 15 is 0 Å². The van der Waals surface area contributed by atoms with Gasteiger partial charge in [-0.2, -0.15) is 0 Å². The van der Waals surface area contributed by atoms with Crippen LogP contribution in [0.3, 0.4) is 0 Å². The molecule has 0 amide bonds. The number of aromatic nitrogens is 4. The van der Waals surface area contributed by atoms with Crippen LogP contribution in [0.5, 0.6) is 0 Å². The van der Waals surface area contributed by atoms with E-state index in [2.05, 4.69) is 31.4 Å². The van der Waals surface area contributed by atoms with Crippen molar-refractivity contribution in [2.45, 2.75) is 11.9 Å². The molecule has 0 N–H and O–H groups in total. The largest absolute Gasteiger partial charge is 0.355 e. The van der Waals surface area contributed by atoms with Crippen molar-refractivity contribution in [3.63, 3.8) is 0 Å². The molecule has 18 heavy (non-hydrogen) atoms. The number of halogens is 1. The lowest BCUT2D eigenvalue weighted by molar-refractivity contribution is 0.419. The quantitative estimate of drug-likeness (QED) is 0.692. The minimum absolute atomic E-state index is 0.564. The summed E-state index contributed by atoms with van der Waals surface area (Å²) in [5, 5.41) is 14.8. The summed E-state index contributed by atoms with van der Waals surface area (Å²) < 4.78 is 7.05. The SMILES string of the molecule is BrCc1cn(Cc2cc(-c3cccs3)on2)nn1. The molecular weight excluding hydrogens is 316 g/mol. The fraction of sp³-hybridized carbons (Fsp3) is 0.182. The molecule has 3 aromatic heterocycles. The molecule has 0 unspecified atom stereocenters. The maximum Gasteiger partial charge on any atom is 0.177 e. The van der Waals surface area contributed by atoms with Gasteiger partial charge in [0.05, 0.1) is 17.1 Å². The molecule has 0 saturated carbocycles. The van der Waals surface area contributed by atoms with Gasteiger partial charge in [-0.15, -0.1) is 16.4 Å². The molecule has 0 atom stereocenters.